The Morgan fingerprint density at radius 2 is 1.90 bits per heavy atom. The van der Waals surface area contributed by atoms with Crippen LogP contribution in [0.2, 0.25) is 0 Å². The maximum atomic E-state index is 12.5. The Morgan fingerprint density at radius 1 is 1.19 bits per heavy atom. The maximum absolute atomic E-state index is 12.5. The van der Waals surface area contributed by atoms with Crippen LogP contribution in [0.25, 0.3) is 0 Å². The van der Waals surface area contributed by atoms with E-state index in [1.807, 2.05) is 6.07 Å². The van der Waals surface area contributed by atoms with Gasteiger partial charge in [-0.25, -0.2) is 8.42 Å². The number of hydrogen-bond donors (Lipinski definition) is 2. The second-order valence-corrected chi connectivity index (χ2v) is 6.43. The standard InChI is InChI=1S/C15H15N3O2S/c1-10-6-14(17)11(2)15(7-10)21(19,20)18-13-5-3-4-12(8-13)9-16/h3-8,18H,17H2,1-2H3. The van der Waals surface area contributed by atoms with E-state index in [0.29, 0.717) is 22.5 Å². The number of nitriles is 1. The SMILES string of the molecule is Cc1cc(N)c(C)c(S(=O)(=O)Nc2cccc(C#N)c2)c1. The summed E-state index contributed by atoms with van der Waals surface area (Å²) in [5.41, 5.74) is 8.25. The van der Waals surface area contributed by atoms with E-state index in [1.54, 1.807) is 44.2 Å². The quantitative estimate of drug-likeness (QED) is 0.851. The van der Waals surface area contributed by atoms with Crippen molar-refractivity contribution < 1.29 is 8.42 Å². The minimum atomic E-state index is -3.75. The molecule has 5 nitrogen and oxygen atoms in total. The molecule has 0 radical (unpaired) electrons. The van der Waals surface area contributed by atoms with Crippen LogP contribution >= 0.6 is 0 Å². The zero-order valence-corrected chi connectivity index (χ0v) is 12.5. The van der Waals surface area contributed by atoms with Crippen molar-refractivity contribution in [3.05, 3.63) is 53.1 Å². The van der Waals surface area contributed by atoms with Crippen molar-refractivity contribution in [2.45, 2.75) is 18.7 Å². The average molecular weight is 301 g/mol. The zero-order valence-electron chi connectivity index (χ0n) is 11.7. The lowest BCUT2D eigenvalue weighted by Crippen LogP contribution is -2.15. The molecule has 0 fully saturated rings. The van der Waals surface area contributed by atoms with Gasteiger partial charge in [0.15, 0.2) is 0 Å². The lowest BCUT2D eigenvalue weighted by molar-refractivity contribution is 0.600. The lowest BCUT2D eigenvalue weighted by atomic mass is 10.1. The molecule has 2 aromatic rings. The topological polar surface area (TPSA) is 96.0 Å². The van der Waals surface area contributed by atoms with Gasteiger partial charge in [-0.05, 0) is 55.3 Å². The number of sulfonamides is 1. The smallest absolute Gasteiger partial charge is 0.262 e. The van der Waals surface area contributed by atoms with Crippen LogP contribution in [0.4, 0.5) is 11.4 Å². The van der Waals surface area contributed by atoms with E-state index in [2.05, 4.69) is 4.72 Å². The normalized spacial score (nSPS) is 10.9. The molecule has 0 aliphatic heterocycles. The van der Waals surface area contributed by atoms with Crippen molar-refractivity contribution in [2.75, 3.05) is 10.5 Å². The first-order valence-electron chi connectivity index (χ1n) is 6.23. The molecular weight excluding hydrogens is 286 g/mol. The van der Waals surface area contributed by atoms with Gasteiger partial charge in [0.25, 0.3) is 10.0 Å². The summed E-state index contributed by atoms with van der Waals surface area (Å²) in [6.07, 6.45) is 0. The molecule has 3 N–H and O–H groups in total. The van der Waals surface area contributed by atoms with E-state index < -0.39 is 10.0 Å². The summed E-state index contributed by atoms with van der Waals surface area (Å²) in [5, 5.41) is 8.85. The molecule has 6 heteroatoms. The van der Waals surface area contributed by atoms with E-state index in [1.165, 1.54) is 6.07 Å². The Morgan fingerprint density at radius 3 is 2.57 bits per heavy atom. The van der Waals surface area contributed by atoms with Gasteiger partial charge in [0.2, 0.25) is 0 Å². The van der Waals surface area contributed by atoms with Gasteiger partial charge in [0, 0.05) is 5.69 Å². The highest BCUT2D eigenvalue weighted by Crippen LogP contribution is 2.25. The zero-order chi connectivity index (χ0) is 15.6. The molecule has 0 aromatic heterocycles. The van der Waals surface area contributed by atoms with Gasteiger partial charge in [-0.1, -0.05) is 6.07 Å². The molecule has 0 unspecified atom stereocenters. The third kappa shape index (κ3) is 3.15. The van der Waals surface area contributed by atoms with Gasteiger partial charge in [0.05, 0.1) is 22.2 Å². The first-order valence-corrected chi connectivity index (χ1v) is 7.71. The minimum Gasteiger partial charge on any atom is -0.398 e. The average Bonchev–Trinajstić information content (AvgIpc) is 2.42. The molecule has 0 saturated heterocycles. The Balaban J connectivity index is 2.46. The monoisotopic (exact) mass is 301 g/mol. The van der Waals surface area contributed by atoms with Gasteiger partial charge in [-0.2, -0.15) is 5.26 Å². The summed E-state index contributed by atoms with van der Waals surface area (Å²) in [6.45, 7) is 3.44. The molecule has 0 atom stereocenters. The predicted octanol–water partition coefficient (Wildman–Crippen LogP) is 2.56. The Labute approximate surface area is 124 Å². The molecule has 0 heterocycles. The number of nitrogens with zero attached hydrogens (tertiary/aromatic N) is 1. The maximum Gasteiger partial charge on any atom is 0.262 e. The van der Waals surface area contributed by atoms with Crippen molar-refractivity contribution in [1.82, 2.24) is 0 Å². The molecule has 0 saturated carbocycles. The molecule has 0 amide bonds. The van der Waals surface area contributed by atoms with E-state index in [0.717, 1.165) is 5.56 Å². The molecule has 108 valence electrons. The molecule has 0 aliphatic rings. The highest BCUT2D eigenvalue weighted by Gasteiger charge is 2.19. The van der Waals surface area contributed by atoms with Gasteiger partial charge in [0.1, 0.15) is 0 Å². The molecule has 2 rings (SSSR count). The van der Waals surface area contributed by atoms with Crippen molar-refractivity contribution in [3.63, 3.8) is 0 Å². The Bertz CT molecular complexity index is 836. The summed E-state index contributed by atoms with van der Waals surface area (Å²) < 4.78 is 27.4. The van der Waals surface area contributed by atoms with Crippen LogP contribution in [-0.4, -0.2) is 8.42 Å². The number of nitrogens with two attached hydrogens (primary N) is 1. The number of anilines is 2. The van der Waals surface area contributed by atoms with Crippen molar-refractivity contribution in [2.24, 2.45) is 0 Å². The minimum absolute atomic E-state index is 0.141. The Hall–Kier alpha value is -2.52. The van der Waals surface area contributed by atoms with E-state index >= 15 is 0 Å². The van der Waals surface area contributed by atoms with Crippen LogP contribution in [0.5, 0.6) is 0 Å². The highest BCUT2D eigenvalue weighted by molar-refractivity contribution is 7.92. The third-order valence-electron chi connectivity index (χ3n) is 3.08. The van der Waals surface area contributed by atoms with Crippen LogP contribution in [0.15, 0.2) is 41.3 Å². The van der Waals surface area contributed by atoms with E-state index in [9.17, 15) is 8.42 Å². The van der Waals surface area contributed by atoms with Crippen molar-refractivity contribution in [3.8, 4) is 6.07 Å². The first kappa shape index (κ1) is 14.9. The van der Waals surface area contributed by atoms with Gasteiger partial charge >= 0.3 is 0 Å². The Kier molecular flexibility index (Phi) is 3.87. The number of rotatable bonds is 3. The van der Waals surface area contributed by atoms with E-state index in [4.69, 9.17) is 11.0 Å². The summed E-state index contributed by atoms with van der Waals surface area (Å²) in [7, 11) is -3.75. The fourth-order valence-corrected chi connectivity index (χ4v) is 3.40. The first-order chi connectivity index (χ1) is 9.83. The molecular formula is C15H15N3O2S. The number of nitrogen functional groups attached to an aromatic ring is 1. The highest BCUT2D eigenvalue weighted by atomic mass is 32.2. The lowest BCUT2D eigenvalue weighted by Gasteiger charge is -2.13. The third-order valence-corrected chi connectivity index (χ3v) is 4.59. The van der Waals surface area contributed by atoms with Crippen LogP contribution in [0, 0.1) is 25.2 Å². The second kappa shape index (κ2) is 5.46. The number of benzene rings is 2. The summed E-state index contributed by atoms with van der Waals surface area (Å²) in [6, 6.07) is 11.6. The fourth-order valence-electron chi connectivity index (χ4n) is 1.99. The predicted molar refractivity (Wildman–Crippen MR) is 82.3 cm³/mol. The number of hydrogen-bond acceptors (Lipinski definition) is 4. The summed E-state index contributed by atoms with van der Waals surface area (Å²) >= 11 is 0. The molecule has 0 bridgehead atoms. The van der Waals surface area contributed by atoms with Crippen LogP contribution in [0.1, 0.15) is 16.7 Å². The van der Waals surface area contributed by atoms with E-state index in [-0.39, 0.29) is 4.90 Å². The second-order valence-electron chi connectivity index (χ2n) is 4.78. The van der Waals surface area contributed by atoms with Gasteiger partial charge < -0.3 is 5.73 Å². The van der Waals surface area contributed by atoms with Crippen molar-refractivity contribution in [1.29, 1.82) is 5.26 Å². The molecule has 0 aliphatic carbocycles. The number of nitrogens with one attached hydrogen (secondary N) is 1. The van der Waals surface area contributed by atoms with Crippen LogP contribution < -0.4 is 10.5 Å². The van der Waals surface area contributed by atoms with Crippen LogP contribution in [0.3, 0.4) is 0 Å². The van der Waals surface area contributed by atoms with Crippen molar-refractivity contribution >= 4 is 21.4 Å². The summed E-state index contributed by atoms with van der Waals surface area (Å²) in [4.78, 5) is 0.141. The summed E-state index contributed by atoms with van der Waals surface area (Å²) in [5.74, 6) is 0. The van der Waals surface area contributed by atoms with Gasteiger partial charge in [-0.3, -0.25) is 4.72 Å². The largest absolute Gasteiger partial charge is 0.398 e. The molecule has 2 aromatic carbocycles. The molecule has 21 heavy (non-hydrogen) atoms. The molecule has 0 spiro atoms. The number of aryl methyl sites for hydroxylation is 1. The fraction of sp³-hybridized carbons (Fsp3) is 0.133. The van der Waals surface area contributed by atoms with Gasteiger partial charge in [-0.15, -0.1) is 0 Å². The van der Waals surface area contributed by atoms with Crippen LogP contribution in [-0.2, 0) is 10.0 Å².